The first-order valence-electron chi connectivity index (χ1n) is 8.97. The van der Waals surface area contributed by atoms with Gasteiger partial charge < -0.3 is 10.4 Å². The molecule has 4 nitrogen and oxygen atoms in total. The first-order chi connectivity index (χ1) is 13.3. The third kappa shape index (κ3) is 3.52. The summed E-state index contributed by atoms with van der Waals surface area (Å²) in [5, 5.41) is 12.4. The molecule has 27 heavy (non-hydrogen) atoms. The average Bonchev–Trinajstić information content (AvgIpc) is 2.88. The lowest BCUT2D eigenvalue weighted by atomic mass is 9.98. The van der Waals surface area contributed by atoms with Gasteiger partial charge in [0.1, 0.15) is 0 Å². The van der Waals surface area contributed by atoms with E-state index in [1.54, 1.807) is 18.2 Å². The van der Waals surface area contributed by atoms with Gasteiger partial charge in [0, 0.05) is 17.5 Å². The molecular weight excluding hydrogens is 336 g/mol. The van der Waals surface area contributed by atoms with E-state index in [0.29, 0.717) is 17.7 Å². The number of hydrogen-bond donors (Lipinski definition) is 2. The van der Waals surface area contributed by atoms with Crippen molar-refractivity contribution in [1.29, 1.82) is 0 Å². The number of hydrogen-bond acceptors (Lipinski definition) is 3. The quantitative estimate of drug-likeness (QED) is 0.750. The van der Waals surface area contributed by atoms with Crippen LogP contribution in [0.3, 0.4) is 0 Å². The number of para-hydroxylation sites is 1. The minimum absolute atomic E-state index is 0.166. The molecule has 1 amide bonds. The van der Waals surface area contributed by atoms with E-state index in [2.05, 4.69) is 17.4 Å². The number of carbonyl (C=O) groups is 1. The fourth-order valence-corrected chi connectivity index (χ4v) is 3.41. The van der Waals surface area contributed by atoms with Crippen molar-refractivity contribution in [3.05, 3.63) is 101 Å². The second kappa shape index (κ2) is 7.56. The van der Waals surface area contributed by atoms with E-state index in [4.69, 9.17) is 4.99 Å². The molecule has 4 rings (SSSR count). The molecule has 0 saturated carbocycles. The summed E-state index contributed by atoms with van der Waals surface area (Å²) in [4.78, 5) is 17.5. The Balaban J connectivity index is 1.64. The second-order valence-corrected chi connectivity index (χ2v) is 6.52. The predicted molar refractivity (Wildman–Crippen MR) is 107 cm³/mol. The highest BCUT2D eigenvalue weighted by Crippen LogP contribution is 2.28. The molecule has 134 valence electrons. The van der Waals surface area contributed by atoms with Gasteiger partial charge >= 0.3 is 0 Å². The van der Waals surface area contributed by atoms with E-state index in [1.807, 2.05) is 42.5 Å². The van der Waals surface area contributed by atoms with Crippen molar-refractivity contribution < 1.29 is 9.90 Å². The van der Waals surface area contributed by atoms with Gasteiger partial charge in [-0.05, 0) is 28.8 Å². The molecule has 2 N–H and O–H groups in total. The number of carbonyl (C=O) groups excluding carboxylic acids is 1. The van der Waals surface area contributed by atoms with Gasteiger partial charge in [0.05, 0.1) is 24.6 Å². The van der Waals surface area contributed by atoms with Crippen LogP contribution < -0.4 is 5.32 Å². The molecule has 4 heteroatoms. The normalized spacial score (nSPS) is 12.4. The van der Waals surface area contributed by atoms with E-state index in [9.17, 15) is 9.90 Å². The van der Waals surface area contributed by atoms with Crippen LogP contribution in [-0.4, -0.2) is 23.3 Å². The lowest BCUT2D eigenvalue weighted by Crippen LogP contribution is -2.31. The molecule has 3 aromatic rings. The topological polar surface area (TPSA) is 61.7 Å². The molecule has 0 bridgehead atoms. The summed E-state index contributed by atoms with van der Waals surface area (Å²) in [7, 11) is 0. The highest BCUT2D eigenvalue weighted by atomic mass is 16.3. The van der Waals surface area contributed by atoms with Crippen molar-refractivity contribution in [2.45, 2.75) is 13.0 Å². The molecule has 0 spiro atoms. The SMILES string of the molecule is O=C(NCC1=Nc2ccccc2Cc2ccccc21)c1ccccc1CO. The van der Waals surface area contributed by atoms with Gasteiger partial charge in [-0.1, -0.05) is 60.7 Å². The van der Waals surface area contributed by atoms with Gasteiger partial charge in [0.25, 0.3) is 5.91 Å². The molecule has 3 aromatic carbocycles. The summed E-state index contributed by atoms with van der Waals surface area (Å²) in [6, 6.07) is 23.4. The van der Waals surface area contributed by atoms with Crippen molar-refractivity contribution in [3.63, 3.8) is 0 Å². The van der Waals surface area contributed by atoms with E-state index >= 15 is 0 Å². The van der Waals surface area contributed by atoms with Gasteiger partial charge in [-0.2, -0.15) is 0 Å². The van der Waals surface area contributed by atoms with Crippen molar-refractivity contribution in [1.82, 2.24) is 5.32 Å². The minimum atomic E-state index is -0.211. The number of nitrogens with zero attached hydrogens (tertiary/aromatic N) is 1. The average molecular weight is 356 g/mol. The number of fused-ring (bicyclic) bond motifs is 2. The van der Waals surface area contributed by atoms with Crippen LogP contribution in [0, 0.1) is 0 Å². The summed E-state index contributed by atoms with van der Waals surface area (Å²) in [6.07, 6.45) is 0.820. The Labute approximate surface area is 158 Å². The maximum absolute atomic E-state index is 12.6. The largest absolute Gasteiger partial charge is 0.392 e. The Hall–Kier alpha value is -3.24. The zero-order valence-electron chi connectivity index (χ0n) is 14.9. The summed E-state index contributed by atoms with van der Waals surface area (Å²) < 4.78 is 0. The van der Waals surface area contributed by atoms with Gasteiger partial charge in [-0.3, -0.25) is 9.79 Å². The fraction of sp³-hybridized carbons (Fsp3) is 0.130. The van der Waals surface area contributed by atoms with Gasteiger partial charge in [0.15, 0.2) is 0 Å². The smallest absolute Gasteiger partial charge is 0.251 e. The van der Waals surface area contributed by atoms with Crippen LogP contribution in [0.15, 0.2) is 77.8 Å². The minimum Gasteiger partial charge on any atom is -0.392 e. The Bertz CT molecular complexity index is 1020. The predicted octanol–water partition coefficient (Wildman–Crippen LogP) is 3.63. The zero-order valence-corrected chi connectivity index (χ0v) is 14.9. The lowest BCUT2D eigenvalue weighted by Gasteiger charge is -2.12. The van der Waals surface area contributed by atoms with Gasteiger partial charge in [-0.15, -0.1) is 0 Å². The van der Waals surface area contributed by atoms with E-state index < -0.39 is 0 Å². The molecule has 0 atom stereocenters. The number of amides is 1. The van der Waals surface area contributed by atoms with Gasteiger partial charge in [0.2, 0.25) is 0 Å². The van der Waals surface area contributed by atoms with Crippen LogP contribution in [0.25, 0.3) is 0 Å². The monoisotopic (exact) mass is 356 g/mol. The Morgan fingerprint density at radius 1 is 0.926 bits per heavy atom. The number of rotatable bonds is 4. The fourth-order valence-electron chi connectivity index (χ4n) is 3.41. The highest BCUT2D eigenvalue weighted by molar-refractivity contribution is 6.08. The molecule has 0 aromatic heterocycles. The van der Waals surface area contributed by atoms with E-state index in [-0.39, 0.29) is 12.5 Å². The molecule has 0 aliphatic carbocycles. The van der Waals surface area contributed by atoms with Crippen LogP contribution >= 0.6 is 0 Å². The highest BCUT2D eigenvalue weighted by Gasteiger charge is 2.17. The number of nitrogens with one attached hydrogen (secondary N) is 1. The Morgan fingerprint density at radius 3 is 2.48 bits per heavy atom. The molecule has 0 saturated heterocycles. The van der Waals surface area contributed by atoms with Crippen LogP contribution in [0.4, 0.5) is 5.69 Å². The first-order valence-corrected chi connectivity index (χ1v) is 8.97. The van der Waals surface area contributed by atoms with Crippen LogP contribution in [0.2, 0.25) is 0 Å². The van der Waals surface area contributed by atoms with E-state index in [1.165, 1.54) is 11.1 Å². The Kier molecular flexibility index (Phi) is 4.81. The summed E-state index contributed by atoms with van der Waals surface area (Å²) in [6.45, 7) is 0.157. The lowest BCUT2D eigenvalue weighted by molar-refractivity contribution is 0.0956. The van der Waals surface area contributed by atoms with Gasteiger partial charge in [-0.25, -0.2) is 0 Å². The van der Waals surface area contributed by atoms with Crippen molar-refractivity contribution in [3.8, 4) is 0 Å². The third-order valence-electron chi connectivity index (χ3n) is 4.80. The van der Waals surface area contributed by atoms with Crippen molar-refractivity contribution >= 4 is 17.3 Å². The van der Waals surface area contributed by atoms with Crippen LogP contribution in [-0.2, 0) is 13.0 Å². The molecule has 0 fully saturated rings. The summed E-state index contributed by atoms with van der Waals surface area (Å²) in [5.74, 6) is -0.211. The first kappa shape index (κ1) is 17.2. The number of benzene rings is 3. The molecule has 1 heterocycles. The standard InChI is InChI=1S/C23H20N2O2/c26-15-18-9-2-5-11-20(18)23(27)24-14-22-19-10-4-1-7-16(19)13-17-8-3-6-12-21(17)25-22/h1-12,26H,13-15H2,(H,24,27). The van der Waals surface area contributed by atoms with Crippen molar-refractivity contribution in [2.24, 2.45) is 4.99 Å². The number of aliphatic imine (C=N–C) groups is 1. The summed E-state index contributed by atoms with van der Waals surface area (Å²) >= 11 is 0. The molecule has 1 aliphatic rings. The molecular formula is C23H20N2O2. The van der Waals surface area contributed by atoms with Crippen LogP contribution in [0.1, 0.15) is 32.6 Å². The van der Waals surface area contributed by atoms with Crippen LogP contribution in [0.5, 0.6) is 0 Å². The number of aliphatic hydroxyl groups excluding tert-OH is 1. The Morgan fingerprint density at radius 2 is 1.63 bits per heavy atom. The third-order valence-corrected chi connectivity index (χ3v) is 4.80. The maximum Gasteiger partial charge on any atom is 0.251 e. The molecule has 0 radical (unpaired) electrons. The molecule has 1 aliphatic heterocycles. The molecule has 0 unspecified atom stereocenters. The zero-order chi connectivity index (χ0) is 18.6. The van der Waals surface area contributed by atoms with E-state index in [0.717, 1.165) is 23.4 Å². The maximum atomic E-state index is 12.6. The second-order valence-electron chi connectivity index (χ2n) is 6.52. The summed E-state index contributed by atoms with van der Waals surface area (Å²) in [5.41, 5.74) is 6.32. The number of aliphatic hydroxyl groups is 1. The van der Waals surface area contributed by atoms with Crippen molar-refractivity contribution in [2.75, 3.05) is 6.54 Å².